The Morgan fingerprint density at radius 1 is 1.41 bits per heavy atom. The second-order valence-electron chi connectivity index (χ2n) is 4.65. The average molecular weight is 234 g/mol. The second-order valence-corrected chi connectivity index (χ2v) is 4.65. The van der Waals surface area contributed by atoms with Gasteiger partial charge in [0.05, 0.1) is 5.69 Å². The molecule has 0 atom stereocenters. The van der Waals surface area contributed by atoms with Crippen LogP contribution >= 0.6 is 0 Å². The Kier molecular flexibility index (Phi) is 4.95. The van der Waals surface area contributed by atoms with Gasteiger partial charge in [-0.3, -0.25) is 4.98 Å². The molecule has 0 spiro atoms. The van der Waals surface area contributed by atoms with E-state index in [-0.39, 0.29) is 0 Å². The standard InChI is InChI=1S/C14H22N2O/c1-2-13-4-3-7-16-14(13)11-15-10-12-5-8-17-9-6-12/h3-4,7,12,15H,2,5-6,8-11H2,1H3. The van der Waals surface area contributed by atoms with Gasteiger partial charge < -0.3 is 10.1 Å². The highest BCUT2D eigenvalue weighted by Gasteiger charge is 2.13. The van der Waals surface area contributed by atoms with Crippen LogP contribution in [0.25, 0.3) is 0 Å². The first-order chi connectivity index (χ1) is 8.40. The van der Waals surface area contributed by atoms with E-state index in [1.165, 1.54) is 24.1 Å². The summed E-state index contributed by atoms with van der Waals surface area (Å²) in [5, 5.41) is 3.53. The number of ether oxygens (including phenoxy) is 1. The predicted molar refractivity (Wildman–Crippen MR) is 68.9 cm³/mol. The van der Waals surface area contributed by atoms with Crippen LogP contribution in [0.4, 0.5) is 0 Å². The SMILES string of the molecule is CCc1cccnc1CNCC1CCOCC1. The van der Waals surface area contributed by atoms with Crippen molar-refractivity contribution in [2.45, 2.75) is 32.7 Å². The lowest BCUT2D eigenvalue weighted by Crippen LogP contribution is -2.28. The number of nitrogens with zero attached hydrogens (tertiary/aromatic N) is 1. The molecule has 0 unspecified atom stereocenters. The topological polar surface area (TPSA) is 34.2 Å². The molecule has 1 fully saturated rings. The molecule has 0 bridgehead atoms. The molecule has 0 saturated carbocycles. The van der Waals surface area contributed by atoms with Gasteiger partial charge in [0.25, 0.3) is 0 Å². The lowest BCUT2D eigenvalue weighted by molar-refractivity contribution is 0.0662. The van der Waals surface area contributed by atoms with E-state index in [0.29, 0.717) is 0 Å². The van der Waals surface area contributed by atoms with Crippen molar-refractivity contribution in [2.24, 2.45) is 5.92 Å². The summed E-state index contributed by atoms with van der Waals surface area (Å²) in [7, 11) is 0. The third kappa shape index (κ3) is 3.79. The Morgan fingerprint density at radius 2 is 2.24 bits per heavy atom. The highest BCUT2D eigenvalue weighted by atomic mass is 16.5. The van der Waals surface area contributed by atoms with Gasteiger partial charge in [0, 0.05) is 26.0 Å². The maximum Gasteiger partial charge on any atom is 0.0573 e. The Bertz CT molecular complexity index is 335. The van der Waals surface area contributed by atoms with E-state index in [2.05, 4.69) is 23.3 Å². The Balaban J connectivity index is 1.77. The molecule has 3 heteroatoms. The lowest BCUT2D eigenvalue weighted by atomic mass is 10.0. The predicted octanol–water partition coefficient (Wildman–Crippen LogP) is 2.16. The van der Waals surface area contributed by atoms with E-state index >= 15 is 0 Å². The van der Waals surface area contributed by atoms with Gasteiger partial charge in [-0.1, -0.05) is 13.0 Å². The van der Waals surface area contributed by atoms with Crippen molar-refractivity contribution >= 4 is 0 Å². The molecule has 1 aliphatic rings. The quantitative estimate of drug-likeness (QED) is 0.847. The molecule has 0 amide bonds. The lowest BCUT2D eigenvalue weighted by Gasteiger charge is -2.22. The minimum Gasteiger partial charge on any atom is -0.381 e. The maximum atomic E-state index is 5.36. The van der Waals surface area contributed by atoms with Crippen LogP contribution in [0.5, 0.6) is 0 Å². The van der Waals surface area contributed by atoms with E-state index in [0.717, 1.165) is 38.6 Å². The summed E-state index contributed by atoms with van der Waals surface area (Å²) in [5.41, 5.74) is 2.55. The number of aryl methyl sites for hydroxylation is 1. The molecule has 3 nitrogen and oxygen atoms in total. The number of nitrogens with one attached hydrogen (secondary N) is 1. The molecule has 0 aromatic carbocycles. The van der Waals surface area contributed by atoms with Crippen LogP contribution in [0.15, 0.2) is 18.3 Å². The molecular weight excluding hydrogens is 212 g/mol. The molecule has 1 N–H and O–H groups in total. The van der Waals surface area contributed by atoms with E-state index in [1.807, 2.05) is 12.3 Å². The molecule has 1 saturated heterocycles. The van der Waals surface area contributed by atoms with Gasteiger partial charge in [0.2, 0.25) is 0 Å². The van der Waals surface area contributed by atoms with E-state index in [1.54, 1.807) is 0 Å². The second kappa shape index (κ2) is 6.72. The smallest absolute Gasteiger partial charge is 0.0573 e. The van der Waals surface area contributed by atoms with Crippen molar-refractivity contribution in [3.8, 4) is 0 Å². The van der Waals surface area contributed by atoms with E-state index < -0.39 is 0 Å². The molecule has 1 aromatic heterocycles. The number of aromatic nitrogens is 1. The first-order valence-corrected chi connectivity index (χ1v) is 6.61. The fourth-order valence-electron chi connectivity index (χ4n) is 2.30. The highest BCUT2D eigenvalue weighted by Crippen LogP contribution is 2.13. The van der Waals surface area contributed by atoms with Crippen molar-refractivity contribution in [1.82, 2.24) is 10.3 Å². The first-order valence-electron chi connectivity index (χ1n) is 6.61. The van der Waals surface area contributed by atoms with Crippen molar-refractivity contribution in [3.63, 3.8) is 0 Å². The van der Waals surface area contributed by atoms with Crippen LogP contribution in [0.1, 0.15) is 31.0 Å². The third-order valence-corrected chi connectivity index (χ3v) is 3.43. The minimum absolute atomic E-state index is 0.775. The van der Waals surface area contributed by atoms with Gasteiger partial charge in [-0.15, -0.1) is 0 Å². The normalized spacial score (nSPS) is 17.2. The zero-order valence-corrected chi connectivity index (χ0v) is 10.6. The first kappa shape index (κ1) is 12.5. The molecule has 2 rings (SSSR count). The molecule has 1 aromatic rings. The molecule has 2 heterocycles. The van der Waals surface area contributed by atoms with E-state index in [9.17, 15) is 0 Å². The van der Waals surface area contributed by atoms with Crippen LogP contribution in [0, 0.1) is 5.92 Å². The number of hydrogen-bond donors (Lipinski definition) is 1. The number of rotatable bonds is 5. The van der Waals surface area contributed by atoms with Gasteiger partial charge in [0.15, 0.2) is 0 Å². The van der Waals surface area contributed by atoms with Gasteiger partial charge >= 0.3 is 0 Å². The molecule has 0 aliphatic carbocycles. The van der Waals surface area contributed by atoms with Crippen molar-refractivity contribution in [2.75, 3.05) is 19.8 Å². The fraction of sp³-hybridized carbons (Fsp3) is 0.643. The van der Waals surface area contributed by atoms with Crippen molar-refractivity contribution in [3.05, 3.63) is 29.6 Å². The Hall–Kier alpha value is -0.930. The van der Waals surface area contributed by atoms with Gasteiger partial charge in [-0.2, -0.15) is 0 Å². The molecule has 1 aliphatic heterocycles. The Morgan fingerprint density at radius 3 is 3.00 bits per heavy atom. The summed E-state index contributed by atoms with van der Waals surface area (Å²) in [6.45, 7) is 6.01. The minimum atomic E-state index is 0.775. The van der Waals surface area contributed by atoms with Crippen LogP contribution in [-0.2, 0) is 17.7 Å². The molecule has 17 heavy (non-hydrogen) atoms. The fourth-order valence-corrected chi connectivity index (χ4v) is 2.30. The summed E-state index contributed by atoms with van der Waals surface area (Å²) in [6.07, 6.45) is 5.32. The zero-order valence-electron chi connectivity index (χ0n) is 10.6. The van der Waals surface area contributed by atoms with Gasteiger partial charge in [-0.25, -0.2) is 0 Å². The van der Waals surface area contributed by atoms with Gasteiger partial charge in [-0.05, 0) is 43.4 Å². The van der Waals surface area contributed by atoms with Crippen LogP contribution in [0.2, 0.25) is 0 Å². The van der Waals surface area contributed by atoms with E-state index in [4.69, 9.17) is 4.74 Å². The number of pyridine rings is 1. The summed E-state index contributed by atoms with van der Waals surface area (Å²) < 4.78 is 5.36. The average Bonchev–Trinajstić information content (AvgIpc) is 2.40. The van der Waals surface area contributed by atoms with Crippen LogP contribution in [0.3, 0.4) is 0 Å². The van der Waals surface area contributed by atoms with Gasteiger partial charge in [0.1, 0.15) is 0 Å². The zero-order chi connectivity index (χ0) is 11.9. The summed E-state index contributed by atoms with van der Waals surface area (Å²) >= 11 is 0. The third-order valence-electron chi connectivity index (χ3n) is 3.43. The van der Waals surface area contributed by atoms with Crippen molar-refractivity contribution in [1.29, 1.82) is 0 Å². The van der Waals surface area contributed by atoms with Crippen LogP contribution < -0.4 is 5.32 Å². The summed E-state index contributed by atoms with van der Waals surface area (Å²) in [4.78, 5) is 4.44. The molecule has 0 radical (unpaired) electrons. The Labute approximate surface area is 104 Å². The number of hydrogen-bond acceptors (Lipinski definition) is 3. The maximum absolute atomic E-state index is 5.36. The highest BCUT2D eigenvalue weighted by molar-refractivity contribution is 5.19. The molecule has 94 valence electrons. The van der Waals surface area contributed by atoms with Crippen molar-refractivity contribution < 1.29 is 4.74 Å². The monoisotopic (exact) mass is 234 g/mol. The largest absolute Gasteiger partial charge is 0.381 e. The molecular formula is C14H22N2O. The summed E-state index contributed by atoms with van der Waals surface area (Å²) in [6, 6.07) is 4.18. The van der Waals surface area contributed by atoms with Crippen LogP contribution in [-0.4, -0.2) is 24.7 Å². The summed E-state index contributed by atoms with van der Waals surface area (Å²) in [5.74, 6) is 0.775.